The largest absolute Gasteiger partial charge is 0.486 e. The van der Waals surface area contributed by atoms with Crippen LogP contribution in [0.2, 0.25) is 0 Å². The standard InChI is InChI=1S/C25H21N3O4/c1-17(29)18-7-9-21(10-8-18)31-16-22-15-23(28-32-22)25(30)27-24(19-5-3-2-4-6-19)20-11-13-26-14-12-20/h2-15,24H,16H2,1H3,(H,27,30). The zero-order chi connectivity index (χ0) is 22.3. The van der Waals surface area contributed by atoms with Crippen molar-refractivity contribution in [2.24, 2.45) is 0 Å². The van der Waals surface area contributed by atoms with Crippen LogP contribution >= 0.6 is 0 Å². The Kier molecular flexibility index (Phi) is 6.36. The number of hydrogen-bond donors (Lipinski definition) is 1. The Labute approximate surface area is 185 Å². The van der Waals surface area contributed by atoms with Gasteiger partial charge in [0.15, 0.2) is 17.2 Å². The molecule has 2 heterocycles. The van der Waals surface area contributed by atoms with E-state index in [-0.39, 0.29) is 30.0 Å². The molecule has 1 atom stereocenters. The number of ether oxygens (including phenoxy) is 1. The van der Waals surface area contributed by atoms with Gasteiger partial charge in [0, 0.05) is 24.0 Å². The van der Waals surface area contributed by atoms with E-state index in [4.69, 9.17) is 9.26 Å². The highest BCUT2D eigenvalue weighted by Gasteiger charge is 2.20. The molecule has 0 aliphatic rings. The molecule has 7 heteroatoms. The van der Waals surface area contributed by atoms with E-state index in [1.807, 2.05) is 42.5 Å². The van der Waals surface area contributed by atoms with E-state index >= 15 is 0 Å². The van der Waals surface area contributed by atoms with Crippen molar-refractivity contribution in [3.05, 3.63) is 113 Å². The third-order valence-corrected chi connectivity index (χ3v) is 4.88. The van der Waals surface area contributed by atoms with Gasteiger partial charge >= 0.3 is 0 Å². The molecule has 0 aliphatic heterocycles. The van der Waals surface area contributed by atoms with Gasteiger partial charge in [0.05, 0.1) is 6.04 Å². The summed E-state index contributed by atoms with van der Waals surface area (Å²) in [5.41, 5.74) is 2.61. The first-order valence-electron chi connectivity index (χ1n) is 10.1. The Balaban J connectivity index is 1.43. The quantitative estimate of drug-likeness (QED) is 0.420. The fourth-order valence-electron chi connectivity index (χ4n) is 3.19. The molecule has 0 saturated heterocycles. The van der Waals surface area contributed by atoms with Gasteiger partial charge in [0.1, 0.15) is 12.4 Å². The number of hydrogen-bond acceptors (Lipinski definition) is 6. The number of aromatic nitrogens is 2. The molecule has 2 aromatic heterocycles. The van der Waals surface area contributed by atoms with Crippen LogP contribution in [0.5, 0.6) is 5.75 Å². The van der Waals surface area contributed by atoms with Crippen LogP contribution in [0.3, 0.4) is 0 Å². The van der Waals surface area contributed by atoms with Crippen molar-refractivity contribution in [1.82, 2.24) is 15.5 Å². The summed E-state index contributed by atoms with van der Waals surface area (Å²) in [6, 6.07) is 21.4. The number of amides is 1. The van der Waals surface area contributed by atoms with Crippen LogP contribution in [0.4, 0.5) is 0 Å². The van der Waals surface area contributed by atoms with Gasteiger partial charge < -0.3 is 14.6 Å². The number of rotatable bonds is 8. The molecule has 0 radical (unpaired) electrons. The van der Waals surface area contributed by atoms with E-state index in [0.717, 1.165) is 11.1 Å². The predicted molar refractivity (Wildman–Crippen MR) is 117 cm³/mol. The minimum Gasteiger partial charge on any atom is -0.486 e. The lowest BCUT2D eigenvalue weighted by atomic mass is 9.99. The molecule has 32 heavy (non-hydrogen) atoms. The Morgan fingerprint density at radius 2 is 1.66 bits per heavy atom. The van der Waals surface area contributed by atoms with Crippen molar-refractivity contribution in [3.8, 4) is 5.75 Å². The van der Waals surface area contributed by atoms with Crippen LogP contribution in [0, 0.1) is 0 Å². The Bertz CT molecular complexity index is 1150. The summed E-state index contributed by atoms with van der Waals surface area (Å²) in [4.78, 5) is 28.3. The molecule has 4 aromatic rings. The molecular formula is C25H21N3O4. The first kappa shape index (κ1) is 21.0. The zero-order valence-corrected chi connectivity index (χ0v) is 17.4. The molecule has 0 saturated carbocycles. The minimum atomic E-state index is -0.364. The van der Waals surface area contributed by atoms with Crippen LogP contribution in [-0.4, -0.2) is 21.8 Å². The zero-order valence-electron chi connectivity index (χ0n) is 17.4. The summed E-state index contributed by atoms with van der Waals surface area (Å²) >= 11 is 0. The van der Waals surface area contributed by atoms with Gasteiger partial charge in [0.2, 0.25) is 0 Å². The third-order valence-electron chi connectivity index (χ3n) is 4.88. The normalized spacial score (nSPS) is 11.5. The number of Topliss-reactive ketones (excluding diaryl/α,β-unsaturated/α-hetero) is 1. The number of pyridine rings is 1. The highest BCUT2D eigenvalue weighted by Crippen LogP contribution is 2.22. The average molecular weight is 427 g/mol. The topological polar surface area (TPSA) is 94.3 Å². The van der Waals surface area contributed by atoms with Gasteiger partial charge in [-0.3, -0.25) is 14.6 Å². The molecule has 7 nitrogen and oxygen atoms in total. The predicted octanol–water partition coefficient (Wildman–Crippen LogP) is 4.37. The van der Waals surface area contributed by atoms with Gasteiger partial charge in [0.25, 0.3) is 5.91 Å². The summed E-state index contributed by atoms with van der Waals surface area (Å²) in [6.45, 7) is 1.61. The van der Waals surface area contributed by atoms with E-state index in [1.54, 1.807) is 42.7 Å². The van der Waals surface area contributed by atoms with Crippen LogP contribution < -0.4 is 10.1 Å². The van der Waals surface area contributed by atoms with E-state index in [9.17, 15) is 9.59 Å². The number of nitrogens with one attached hydrogen (secondary N) is 1. The molecule has 0 fully saturated rings. The van der Waals surface area contributed by atoms with E-state index in [1.165, 1.54) is 6.92 Å². The van der Waals surface area contributed by atoms with Gasteiger partial charge in [-0.2, -0.15) is 0 Å². The maximum absolute atomic E-state index is 12.9. The Morgan fingerprint density at radius 3 is 2.34 bits per heavy atom. The summed E-state index contributed by atoms with van der Waals surface area (Å²) < 4.78 is 10.9. The molecule has 1 unspecified atom stereocenters. The van der Waals surface area contributed by atoms with Crippen molar-refractivity contribution in [2.45, 2.75) is 19.6 Å². The second kappa shape index (κ2) is 9.70. The third kappa shape index (κ3) is 5.07. The molecule has 0 aliphatic carbocycles. The minimum absolute atomic E-state index is 0.0111. The first-order chi connectivity index (χ1) is 15.6. The second-order valence-electron chi connectivity index (χ2n) is 7.15. The lowest BCUT2D eigenvalue weighted by molar-refractivity contribution is 0.0932. The Morgan fingerprint density at radius 1 is 0.969 bits per heavy atom. The highest BCUT2D eigenvalue weighted by molar-refractivity contribution is 5.94. The molecule has 0 bridgehead atoms. The SMILES string of the molecule is CC(=O)c1ccc(OCc2cc(C(=O)NC(c3ccccc3)c3ccncc3)no2)cc1. The monoisotopic (exact) mass is 427 g/mol. The van der Waals surface area contributed by atoms with Crippen molar-refractivity contribution in [2.75, 3.05) is 0 Å². The number of ketones is 1. The van der Waals surface area contributed by atoms with Crippen LogP contribution in [0.1, 0.15) is 50.7 Å². The number of carbonyl (C=O) groups excluding carboxylic acids is 2. The van der Waals surface area contributed by atoms with Crippen LogP contribution in [-0.2, 0) is 6.61 Å². The first-order valence-corrected chi connectivity index (χ1v) is 10.1. The number of nitrogens with zero attached hydrogens (tertiary/aromatic N) is 2. The lowest BCUT2D eigenvalue weighted by Crippen LogP contribution is -2.29. The van der Waals surface area contributed by atoms with Crippen molar-refractivity contribution in [3.63, 3.8) is 0 Å². The summed E-state index contributed by atoms with van der Waals surface area (Å²) in [6.07, 6.45) is 3.37. The van der Waals surface area contributed by atoms with E-state index in [0.29, 0.717) is 17.1 Å². The maximum Gasteiger partial charge on any atom is 0.274 e. The fraction of sp³-hybridized carbons (Fsp3) is 0.120. The van der Waals surface area contributed by atoms with Crippen LogP contribution in [0.15, 0.2) is 89.7 Å². The van der Waals surface area contributed by atoms with Crippen molar-refractivity contribution in [1.29, 1.82) is 0 Å². The molecular weight excluding hydrogens is 406 g/mol. The lowest BCUT2D eigenvalue weighted by Gasteiger charge is -2.19. The van der Waals surface area contributed by atoms with Gasteiger partial charge in [-0.05, 0) is 54.4 Å². The van der Waals surface area contributed by atoms with Gasteiger partial charge in [-0.25, -0.2) is 0 Å². The van der Waals surface area contributed by atoms with Crippen molar-refractivity contribution < 1.29 is 18.8 Å². The molecule has 1 amide bonds. The summed E-state index contributed by atoms with van der Waals surface area (Å²) in [5, 5.41) is 6.89. The van der Waals surface area contributed by atoms with E-state index in [2.05, 4.69) is 15.5 Å². The molecule has 160 valence electrons. The molecule has 4 rings (SSSR count). The van der Waals surface area contributed by atoms with Gasteiger partial charge in [-0.15, -0.1) is 0 Å². The number of benzene rings is 2. The smallest absolute Gasteiger partial charge is 0.274 e. The maximum atomic E-state index is 12.9. The second-order valence-corrected chi connectivity index (χ2v) is 7.15. The Hall–Kier alpha value is -4.26. The van der Waals surface area contributed by atoms with Gasteiger partial charge in [-0.1, -0.05) is 35.5 Å². The average Bonchev–Trinajstić information content (AvgIpc) is 3.32. The summed E-state index contributed by atoms with van der Waals surface area (Å²) in [7, 11) is 0. The summed E-state index contributed by atoms with van der Waals surface area (Å²) in [5.74, 6) is 0.615. The highest BCUT2D eigenvalue weighted by atomic mass is 16.5. The van der Waals surface area contributed by atoms with E-state index < -0.39 is 0 Å². The molecule has 1 N–H and O–H groups in total. The fourth-order valence-corrected chi connectivity index (χ4v) is 3.19. The van der Waals surface area contributed by atoms with Crippen LogP contribution in [0.25, 0.3) is 0 Å². The molecule has 2 aromatic carbocycles. The molecule has 0 spiro atoms. The number of carbonyl (C=O) groups is 2. The van der Waals surface area contributed by atoms with Crippen molar-refractivity contribution >= 4 is 11.7 Å².